The molecule has 0 aliphatic carbocycles. The van der Waals surface area contributed by atoms with Crippen LogP contribution in [0.1, 0.15) is 11.1 Å². The van der Waals surface area contributed by atoms with Gasteiger partial charge in [-0.2, -0.15) is 4.98 Å². The number of benzene rings is 3. The summed E-state index contributed by atoms with van der Waals surface area (Å²) in [4.78, 5) is 21.0. The van der Waals surface area contributed by atoms with Crippen LogP contribution in [0, 0.1) is 13.8 Å². The SMILES string of the molecule is Cc1cccc(C)c1Oc1ccc(S(C)(=O)=O)cc1-c1cn(C)c(=O)c2[nH]c(-c3nc(-c4ccccc4)no3)cc12. The first-order chi connectivity index (χ1) is 19.6. The molecule has 0 radical (unpaired) electrons. The molecule has 0 saturated heterocycles. The Morgan fingerprint density at radius 2 is 1.66 bits per heavy atom. The van der Waals surface area contributed by atoms with E-state index in [4.69, 9.17) is 9.26 Å². The Morgan fingerprint density at radius 1 is 0.927 bits per heavy atom. The summed E-state index contributed by atoms with van der Waals surface area (Å²) in [6.07, 6.45) is 2.83. The highest BCUT2D eigenvalue weighted by Gasteiger charge is 2.22. The molecule has 3 heterocycles. The van der Waals surface area contributed by atoms with Gasteiger partial charge in [0.1, 0.15) is 22.7 Å². The molecular formula is C31H26N4O5S. The molecule has 6 rings (SSSR count). The molecule has 9 nitrogen and oxygen atoms in total. The van der Waals surface area contributed by atoms with Gasteiger partial charge in [0.15, 0.2) is 9.84 Å². The molecule has 0 unspecified atom stereocenters. The van der Waals surface area contributed by atoms with Crippen molar-refractivity contribution in [3.05, 3.63) is 100 Å². The number of aromatic amines is 1. The van der Waals surface area contributed by atoms with Gasteiger partial charge >= 0.3 is 0 Å². The van der Waals surface area contributed by atoms with Crippen LogP contribution in [-0.4, -0.2) is 34.4 Å². The molecule has 0 bridgehead atoms. The van der Waals surface area contributed by atoms with Gasteiger partial charge in [-0.05, 0) is 49.2 Å². The van der Waals surface area contributed by atoms with Gasteiger partial charge in [-0.25, -0.2) is 8.42 Å². The zero-order valence-electron chi connectivity index (χ0n) is 22.8. The molecule has 0 fully saturated rings. The lowest BCUT2D eigenvalue weighted by atomic mass is 10.0. The number of nitrogens with one attached hydrogen (secondary N) is 1. The second-order valence-electron chi connectivity index (χ2n) is 9.97. The maximum absolute atomic E-state index is 13.2. The van der Waals surface area contributed by atoms with Crippen LogP contribution in [0.15, 0.2) is 93.2 Å². The lowest BCUT2D eigenvalue weighted by Gasteiger charge is -2.17. The second kappa shape index (κ2) is 9.90. The Labute approximate surface area is 236 Å². The second-order valence-corrected chi connectivity index (χ2v) is 12.0. The summed E-state index contributed by atoms with van der Waals surface area (Å²) in [5.41, 5.74) is 4.26. The Hall–Kier alpha value is -4.96. The summed E-state index contributed by atoms with van der Waals surface area (Å²) in [7, 11) is -1.90. The van der Waals surface area contributed by atoms with Gasteiger partial charge in [-0.15, -0.1) is 0 Å². The number of fused-ring (bicyclic) bond motifs is 1. The van der Waals surface area contributed by atoms with Crippen molar-refractivity contribution >= 4 is 20.7 Å². The zero-order valence-corrected chi connectivity index (χ0v) is 23.6. The van der Waals surface area contributed by atoms with Gasteiger partial charge < -0.3 is 18.8 Å². The van der Waals surface area contributed by atoms with E-state index in [2.05, 4.69) is 15.1 Å². The fourth-order valence-corrected chi connectivity index (χ4v) is 5.46. The molecule has 10 heteroatoms. The number of ether oxygens (including phenoxy) is 1. The van der Waals surface area contributed by atoms with Crippen molar-refractivity contribution in [1.29, 1.82) is 0 Å². The monoisotopic (exact) mass is 566 g/mol. The van der Waals surface area contributed by atoms with Gasteiger partial charge in [0.2, 0.25) is 5.82 Å². The Bertz CT molecular complexity index is 2090. The number of sulfone groups is 1. The molecule has 206 valence electrons. The molecular weight excluding hydrogens is 540 g/mol. The standard InChI is InChI=1S/C31H26N4O5S/c1-18-9-8-10-19(2)28(18)39-26-14-13-21(41(4,37)38)15-22(26)24-17-35(3)31(36)27-23(24)16-25(32-27)30-33-29(34-40-30)20-11-6-5-7-12-20/h5-17,32H,1-4H3. The van der Waals surface area contributed by atoms with Crippen LogP contribution in [0.5, 0.6) is 11.5 Å². The average Bonchev–Trinajstić information content (AvgIpc) is 3.61. The van der Waals surface area contributed by atoms with E-state index >= 15 is 0 Å². The fraction of sp³-hybridized carbons (Fsp3) is 0.129. The Kier molecular flexibility index (Phi) is 6.34. The van der Waals surface area contributed by atoms with Crippen LogP contribution in [0.2, 0.25) is 0 Å². The third kappa shape index (κ3) is 4.82. The van der Waals surface area contributed by atoms with E-state index in [9.17, 15) is 13.2 Å². The van der Waals surface area contributed by atoms with E-state index in [1.54, 1.807) is 31.4 Å². The number of aromatic nitrogens is 4. The van der Waals surface area contributed by atoms with Gasteiger partial charge in [0.25, 0.3) is 11.4 Å². The largest absolute Gasteiger partial charge is 0.456 e. The normalized spacial score (nSPS) is 11.7. The lowest BCUT2D eigenvalue weighted by Crippen LogP contribution is -2.16. The van der Waals surface area contributed by atoms with Gasteiger partial charge in [0.05, 0.1) is 4.90 Å². The number of pyridine rings is 1. The van der Waals surface area contributed by atoms with E-state index in [-0.39, 0.29) is 16.3 Å². The number of aryl methyl sites for hydroxylation is 3. The van der Waals surface area contributed by atoms with Crippen LogP contribution in [0.4, 0.5) is 0 Å². The van der Waals surface area contributed by atoms with Crippen molar-refractivity contribution in [1.82, 2.24) is 19.7 Å². The minimum Gasteiger partial charge on any atom is -0.456 e. The van der Waals surface area contributed by atoms with Crippen LogP contribution < -0.4 is 10.3 Å². The van der Waals surface area contributed by atoms with Gasteiger partial charge in [-0.3, -0.25) is 4.79 Å². The third-order valence-electron chi connectivity index (χ3n) is 6.94. The topological polar surface area (TPSA) is 120 Å². The van der Waals surface area contributed by atoms with E-state index in [1.807, 2.05) is 62.4 Å². The summed E-state index contributed by atoms with van der Waals surface area (Å²) >= 11 is 0. The Balaban J connectivity index is 1.56. The molecule has 3 aromatic heterocycles. The molecule has 0 saturated carbocycles. The van der Waals surface area contributed by atoms with E-state index in [0.717, 1.165) is 22.9 Å². The number of hydrogen-bond acceptors (Lipinski definition) is 7. The number of nitrogens with zero attached hydrogens (tertiary/aromatic N) is 3. The van der Waals surface area contributed by atoms with Crippen LogP contribution in [-0.2, 0) is 16.9 Å². The minimum absolute atomic E-state index is 0.128. The molecule has 6 aromatic rings. The molecule has 0 atom stereocenters. The molecule has 1 N–H and O–H groups in total. The van der Waals surface area contributed by atoms with Crippen molar-refractivity contribution in [2.24, 2.45) is 7.05 Å². The van der Waals surface area contributed by atoms with Crippen LogP contribution in [0.3, 0.4) is 0 Å². The zero-order chi connectivity index (χ0) is 28.9. The maximum atomic E-state index is 13.2. The highest BCUT2D eigenvalue weighted by molar-refractivity contribution is 7.90. The van der Waals surface area contributed by atoms with E-state index in [1.165, 1.54) is 10.6 Å². The first-order valence-electron chi connectivity index (χ1n) is 12.8. The summed E-state index contributed by atoms with van der Waals surface area (Å²) < 4.78 is 38.5. The van der Waals surface area contributed by atoms with E-state index in [0.29, 0.717) is 45.0 Å². The summed E-state index contributed by atoms with van der Waals surface area (Å²) in [5.74, 6) is 1.75. The maximum Gasteiger partial charge on any atom is 0.274 e. The summed E-state index contributed by atoms with van der Waals surface area (Å²) in [6, 6.07) is 21.8. The lowest BCUT2D eigenvalue weighted by molar-refractivity contribution is 0.431. The first kappa shape index (κ1) is 26.3. The van der Waals surface area contributed by atoms with Crippen LogP contribution >= 0.6 is 0 Å². The smallest absolute Gasteiger partial charge is 0.274 e. The minimum atomic E-state index is -3.54. The van der Waals surface area contributed by atoms with Crippen LogP contribution in [0.25, 0.3) is 45.0 Å². The van der Waals surface area contributed by atoms with Gasteiger partial charge in [0, 0.05) is 41.6 Å². The quantitative estimate of drug-likeness (QED) is 0.260. The van der Waals surface area contributed by atoms with Crippen molar-refractivity contribution in [2.75, 3.05) is 6.26 Å². The first-order valence-corrected chi connectivity index (χ1v) is 14.7. The number of rotatable bonds is 6. The molecule has 41 heavy (non-hydrogen) atoms. The Morgan fingerprint density at radius 3 is 2.37 bits per heavy atom. The number of H-pyrrole nitrogens is 1. The third-order valence-corrected chi connectivity index (χ3v) is 8.05. The van der Waals surface area contributed by atoms with Gasteiger partial charge in [-0.1, -0.05) is 53.7 Å². The van der Waals surface area contributed by atoms with Crippen molar-refractivity contribution in [2.45, 2.75) is 18.7 Å². The molecule has 0 spiro atoms. The van der Waals surface area contributed by atoms with E-state index < -0.39 is 9.84 Å². The molecule has 0 amide bonds. The predicted octanol–water partition coefficient (Wildman–Crippen LogP) is 6.06. The molecule has 0 aliphatic heterocycles. The number of para-hydroxylation sites is 1. The van der Waals surface area contributed by atoms with Crippen molar-refractivity contribution in [3.8, 4) is 45.6 Å². The predicted molar refractivity (Wildman–Crippen MR) is 157 cm³/mol. The van der Waals surface area contributed by atoms with Crippen molar-refractivity contribution in [3.63, 3.8) is 0 Å². The van der Waals surface area contributed by atoms with Crippen molar-refractivity contribution < 1.29 is 17.7 Å². The molecule has 0 aliphatic rings. The fourth-order valence-electron chi connectivity index (χ4n) is 4.81. The average molecular weight is 567 g/mol. The highest BCUT2D eigenvalue weighted by Crippen LogP contribution is 2.40. The molecule has 3 aromatic carbocycles. The summed E-state index contributed by atoms with van der Waals surface area (Å²) in [6.45, 7) is 3.90. The highest BCUT2D eigenvalue weighted by atomic mass is 32.2. The summed E-state index contributed by atoms with van der Waals surface area (Å²) in [5, 5.41) is 4.65. The number of hydrogen-bond donors (Lipinski definition) is 1.